The molecular weight excluding hydrogens is 527 g/mol. The molecule has 210 valence electrons. The van der Waals surface area contributed by atoms with Crippen LogP contribution in [0.4, 0.5) is 15.8 Å². The van der Waals surface area contributed by atoms with E-state index < -0.39 is 11.4 Å². The molecule has 2 saturated heterocycles. The maximum atomic E-state index is 14.9. The van der Waals surface area contributed by atoms with E-state index in [0.29, 0.717) is 39.9 Å². The summed E-state index contributed by atoms with van der Waals surface area (Å²) in [5, 5.41) is 14.4. The van der Waals surface area contributed by atoms with Crippen LogP contribution in [0.25, 0.3) is 44.1 Å². The summed E-state index contributed by atoms with van der Waals surface area (Å²) >= 11 is 0. The summed E-state index contributed by atoms with van der Waals surface area (Å²) in [7, 11) is 5.52. The Morgan fingerprint density at radius 3 is 2.71 bits per heavy atom. The summed E-state index contributed by atoms with van der Waals surface area (Å²) in [5.74, 6) is -1.18. The van der Waals surface area contributed by atoms with Gasteiger partial charge >= 0.3 is 5.97 Å². The van der Waals surface area contributed by atoms with Crippen molar-refractivity contribution < 1.29 is 14.3 Å². The number of nitrogens with one attached hydrogen (secondary N) is 3. The number of nitrogens with zero attached hydrogens (tertiary/aromatic N) is 5. The van der Waals surface area contributed by atoms with Gasteiger partial charge in [0.25, 0.3) is 0 Å². The SMILES string of the molecule is CNc1cc(F)cc2c1[nH]c1ncc(-c3cnc4c(c3)c(=O)c(C(=O)O)cn4NC)c(N3CC4CCN(C)C4C3)c12. The fourth-order valence-corrected chi connectivity index (χ4v) is 6.68. The normalized spacial score (nSPS) is 19.0. The van der Waals surface area contributed by atoms with Gasteiger partial charge in [0.2, 0.25) is 5.43 Å². The van der Waals surface area contributed by atoms with Crippen molar-refractivity contribution in [2.75, 3.05) is 56.4 Å². The molecule has 12 heteroatoms. The Morgan fingerprint density at radius 2 is 1.98 bits per heavy atom. The number of fused-ring (bicyclic) bond motifs is 5. The number of aromatic nitrogens is 4. The summed E-state index contributed by atoms with van der Waals surface area (Å²) in [4.78, 5) is 42.5. The Labute approximate surface area is 233 Å². The molecule has 4 aromatic heterocycles. The Kier molecular flexibility index (Phi) is 5.65. The molecular formula is C29H29FN8O3. The summed E-state index contributed by atoms with van der Waals surface area (Å²) in [6, 6.07) is 5.05. The van der Waals surface area contributed by atoms with Crippen LogP contribution in [0, 0.1) is 11.7 Å². The highest BCUT2D eigenvalue weighted by atomic mass is 19.1. The summed E-state index contributed by atoms with van der Waals surface area (Å²) in [6.07, 6.45) is 5.76. The van der Waals surface area contributed by atoms with Crippen LogP contribution in [-0.2, 0) is 0 Å². The van der Waals surface area contributed by atoms with Gasteiger partial charge in [-0.15, -0.1) is 0 Å². The molecule has 0 aliphatic carbocycles. The number of carboxylic acids is 1. The van der Waals surface area contributed by atoms with Crippen molar-refractivity contribution in [2.45, 2.75) is 12.5 Å². The van der Waals surface area contributed by atoms with Gasteiger partial charge in [0.05, 0.1) is 27.7 Å². The van der Waals surface area contributed by atoms with Crippen LogP contribution in [0.1, 0.15) is 16.8 Å². The molecule has 6 heterocycles. The second kappa shape index (κ2) is 9.16. The third kappa shape index (κ3) is 3.74. The van der Waals surface area contributed by atoms with E-state index in [-0.39, 0.29) is 16.8 Å². The largest absolute Gasteiger partial charge is 0.477 e. The highest BCUT2D eigenvalue weighted by Gasteiger charge is 2.41. The molecule has 0 spiro atoms. The highest BCUT2D eigenvalue weighted by molar-refractivity contribution is 6.18. The Hall–Kier alpha value is -4.71. The summed E-state index contributed by atoms with van der Waals surface area (Å²) in [6.45, 7) is 2.69. The topological polar surface area (TPSA) is 131 Å². The minimum absolute atomic E-state index is 0.170. The number of hydrogen-bond acceptors (Lipinski definition) is 8. The van der Waals surface area contributed by atoms with Crippen molar-refractivity contribution in [1.29, 1.82) is 0 Å². The number of benzene rings is 1. The van der Waals surface area contributed by atoms with Crippen molar-refractivity contribution in [3.05, 3.63) is 58.4 Å². The van der Waals surface area contributed by atoms with Crippen molar-refractivity contribution >= 4 is 50.3 Å². The lowest BCUT2D eigenvalue weighted by Crippen LogP contribution is -2.32. The molecule has 4 N–H and O–H groups in total. The molecule has 11 nitrogen and oxygen atoms in total. The third-order valence-corrected chi connectivity index (χ3v) is 8.70. The zero-order valence-electron chi connectivity index (χ0n) is 22.8. The number of pyridine rings is 3. The maximum absolute atomic E-state index is 14.9. The molecule has 0 radical (unpaired) electrons. The second-order valence-electron chi connectivity index (χ2n) is 10.9. The quantitative estimate of drug-likeness (QED) is 0.258. The van der Waals surface area contributed by atoms with Gasteiger partial charge in [-0.25, -0.2) is 23.8 Å². The molecule has 7 rings (SSSR count). The Bertz CT molecular complexity index is 1950. The number of anilines is 2. The molecule has 5 aromatic rings. The fourth-order valence-electron chi connectivity index (χ4n) is 6.68. The first kappa shape index (κ1) is 25.3. The summed E-state index contributed by atoms with van der Waals surface area (Å²) in [5.41, 5.74) is 6.47. The molecule has 2 fully saturated rings. The second-order valence-corrected chi connectivity index (χ2v) is 10.9. The van der Waals surface area contributed by atoms with E-state index in [1.165, 1.54) is 23.0 Å². The smallest absolute Gasteiger partial charge is 0.341 e. The zero-order chi connectivity index (χ0) is 28.6. The van der Waals surface area contributed by atoms with E-state index >= 15 is 0 Å². The number of likely N-dealkylation sites (tertiary alicyclic amines) is 1. The van der Waals surface area contributed by atoms with Gasteiger partial charge in [-0.3, -0.25) is 4.79 Å². The number of carboxylic acid groups (broad SMARTS) is 1. The van der Waals surface area contributed by atoms with E-state index in [9.17, 15) is 19.1 Å². The first-order valence-electron chi connectivity index (χ1n) is 13.5. The molecule has 2 unspecified atom stereocenters. The van der Waals surface area contributed by atoms with E-state index in [4.69, 9.17) is 4.98 Å². The van der Waals surface area contributed by atoms with E-state index in [1.807, 2.05) is 0 Å². The number of carbonyl (C=O) groups is 1. The van der Waals surface area contributed by atoms with Crippen LogP contribution < -0.4 is 21.1 Å². The van der Waals surface area contributed by atoms with E-state index in [2.05, 4.69) is 37.6 Å². The van der Waals surface area contributed by atoms with Gasteiger partial charge in [-0.2, -0.15) is 0 Å². The number of halogens is 1. The minimum Gasteiger partial charge on any atom is -0.477 e. The molecule has 0 amide bonds. The molecule has 2 atom stereocenters. The van der Waals surface area contributed by atoms with Crippen LogP contribution in [0.5, 0.6) is 0 Å². The zero-order valence-corrected chi connectivity index (χ0v) is 22.8. The van der Waals surface area contributed by atoms with Crippen molar-refractivity contribution in [3.8, 4) is 11.1 Å². The molecule has 2 aliphatic heterocycles. The van der Waals surface area contributed by atoms with Crippen molar-refractivity contribution in [2.24, 2.45) is 5.92 Å². The van der Waals surface area contributed by atoms with Gasteiger partial charge in [-0.05, 0) is 44.1 Å². The monoisotopic (exact) mass is 556 g/mol. The number of hydrogen-bond donors (Lipinski definition) is 4. The molecule has 2 aliphatic rings. The molecule has 41 heavy (non-hydrogen) atoms. The lowest BCUT2D eigenvalue weighted by Gasteiger charge is -2.25. The lowest BCUT2D eigenvalue weighted by molar-refractivity contribution is 0.0695. The van der Waals surface area contributed by atoms with Crippen LogP contribution in [-0.4, -0.2) is 82.4 Å². The Morgan fingerprint density at radius 1 is 1.15 bits per heavy atom. The minimum atomic E-state index is -1.32. The van der Waals surface area contributed by atoms with Gasteiger partial charge < -0.3 is 30.6 Å². The lowest BCUT2D eigenvalue weighted by atomic mass is 10.0. The predicted octanol–water partition coefficient (Wildman–Crippen LogP) is 3.29. The van der Waals surface area contributed by atoms with Crippen LogP contribution in [0.15, 0.2) is 41.6 Å². The van der Waals surface area contributed by atoms with Gasteiger partial charge in [-0.1, -0.05) is 0 Å². The van der Waals surface area contributed by atoms with Gasteiger partial charge in [0.1, 0.15) is 17.0 Å². The van der Waals surface area contributed by atoms with Gasteiger partial charge in [0, 0.05) is 68.3 Å². The standard InChI is InChI=1S/C29H29FN8O3/c1-31-21-8-16(30)7-17-23-25(37-11-14-4-5-36(3)22(14)13-37)19(10-33-27(23)35-24(17)21)15-6-18-26(39)20(29(40)41)12-38(32-2)28(18)34-9-15/h6-10,12,14,22,31-32H,4-5,11,13H2,1-3H3,(H,33,35)(H,40,41). The first-order valence-corrected chi connectivity index (χ1v) is 13.5. The average Bonchev–Trinajstić information content (AvgIpc) is 3.66. The van der Waals surface area contributed by atoms with Crippen molar-refractivity contribution in [1.82, 2.24) is 24.5 Å². The third-order valence-electron chi connectivity index (χ3n) is 8.70. The van der Waals surface area contributed by atoms with Crippen LogP contribution in [0.2, 0.25) is 0 Å². The first-order chi connectivity index (χ1) is 19.8. The molecule has 0 bridgehead atoms. The highest BCUT2D eigenvalue weighted by Crippen LogP contribution is 2.45. The number of H-pyrrole nitrogens is 1. The number of aromatic amines is 1. The molecule has 0 saturated carbocycles. The fraction of sp³-hybridized carbons (Fsp3) is 0.310. The molecule has 1 aromatic carbocycles. The summed E-state index contributed by atoms with van der Waals surface area (Å²) < 4.78 is 16.3. The van der Waals surface area contributed by atoms with Crippen molar-refractivity contribution in [3.63, 3.8) is 0 Å². The number of rotatable bonds is 5. The number of likely N-dealkylation sites (N-methyl/N-ethyl adjacent to an activating group) is 1. The average molecular weight is 557 g/mol. The Balaban J connectivity index is 1.52. The van der Waals surface area contributed by atoms with Gasteiger partial charge in [0.15, 0.2) is 5.65 Å². The maximum Gasteiger partial charge on any atom is 0.341 e. The van der Waals surface area contributed by atoms with E-state index in [0.717, 1.165) is 48.2 Å². The van der Waals surface area contributed by atoms with Crippen LogP contribution >= 0.6 is 0 Å². The van der Waals surface area contributed by atoms with Crippen LogP contribution in [0.3, 0.4) is 0 Å². The van der Waals surface area contributed by atoms with E-state index in [1.54, 1.807) is 32.6 Å². The predicted molar refractivity (Wildman–Crippen MR) is 157 cm³/mol. The number of aromatic carboxylic acids is 1.